The number of methoxy groups -OCH3 is 1. The zero-order chi connectivity index (χ0) is 25.2. The minimum atomic E-state index is -1.20. The van der Waals surface area contributed by atoms with E-state index in [2.05, 4.69) is 10.6 Å². The zero-order valence-corrected chi connectivity index (χ0v) is 19.5. The Hall–Kier alpha value is -3.90. The van der Waals surface area contributed by atoms with Gasteiger partial charge < -0.3 is 25.2 Å². The fourth-order valence-electron chi connectivity index (χ4n) is 4.20. The van der Waals surface area contributed by atoms with Crippen molar-refractivity contribution in [3.05, 3.63) is 59.7 Å². The van der Waals surface area contributed by atoms with E-state index >= 15 is 0 Å². The predicted molar refractivity (Wildman–Crippen MR) is 128 cm³/mol. The molecule has 2 aromatic carbocycles. The Morgan fingerprint density at radius 3 is 2.20 bits per heavy atom. The van der Waals surface area contributed by atoms with E-state index in [-0.39, 0.29) is 38.4 Å². The molecule has 184 valence electrons. The molecule has 0 saturated heterocycles. The Morgan fingerprint density at radius 2 is 1.63 bits per heavy atom. The predicted octanol–water partition coefficient (Wildman–Crippen LogP) is 3.19. The molecule has 0 aliphatic heterocycles. The number of rotatable bonds is 12. The van der Waals surface area contributed by atoms with E-state index < -0.39 is 30.1 Å². The first-order valence-electron chi connectivity index (χ1n) is 11.5. The maximum absolute atomic E-state index is 12.8. The van der Waals surface area contributed by atoms with Crippen LogP contribution < -0.4 is 10.6 Å². The van der Waals surface area contributed by atoms with Crippen molar-refractivity contribution >= 4 is 18.0 Å². The van der Waals surface area contributed by atoms with Gasteiger partial charge in [-0.2, -0.15) is 5.26 Å². The minimum Gasteiger partial charge on any atom is -0.480 e. The van der Waals surface area contributed by atoms with Crippen LogP contribution in [0.2, 0.25) is 0 Å². The lowest BCUT2D eigenvalue weighted by Gasteiger charge is -2.21. The van der Waals surface area contributed by atoms with Crippen LogP contribution in [0, 0.1) is 11.3 Å². The topological polar surface area (TPSA) is 138 Å². The summed E-state index contributed by atoms with van der Waals surface area (Å²) in [7, 11) is 1.43. The fraction of sp³-hybridized carbons (Fsp3) is 0.385. The number of nitrogens with zero attached hydrogens (tertiary/aromatic N) is 1. The fourth-order valence-corrected chi connectivity index (χ4v) is 4.20. The lowest BCUT2D eigenvalue weighted by atomic mass is 9.98. The van der Waals surface area contributed by atoms with Crippen molar-refractivity contribution in [2.45, 2.75) is 43.7 Å². The molecule has 2 aromatic rings. The molecule has 9 heteroatoms. The Bertz CT molecular complexity index is 1050. The Labute approximate surface area is 204 Å². The van der Waals surface area contributed by atoms with E-state index in [0.29, 0.717) is 6.42 Å². The van der Waals surface area contributed by atoms with E-state index in [0.717, 1.165) is 22.3 Å². The van der Waals surface area contributed by atoms with Gasteiger partial charge in [0.05, 0.1) is 6.07 Å². The molecule has 1 aliphatic rings. The number of fused-ring (bicyclic) bond motifs is 3. The molecule has 0 aromatic heterocycles. The standard InChI is InChI=1S/C26H29N3O6/c1-34-15-13-23(25(31)32)28-24(30)22(12-6-7-14-27)29-26(33)35-16-21-19-10-4-2-8-17(19)18-9-3-5-11-20(18)21/h2-5,8-11,21-23H,6-7,12-13,15-16H2,1H3,(H,28,30)(H,29,33)(H,31,32). The van der Waals surface area contributed by atoms with Crippen LogP contribution in [0.3, 0.4) is 0 Å². The van der Waals surface area contributed by atoms with Crippen LogP contribution in [0.15, 0.2) is 48.5 Å². The number of unbranched alkanes of at least 4 members (excludes halogenated alkanes) is 1. The molecule has 0 fully saturated rings. The number of nitriles is 1. The van der Waals surface area contributed by atoms with Crippen molar-refractivity contribution in [1.82, 2.24) is 10.6 Å². The van der Waals surface area contributed by atoms with Crippen LogP contribution in [0.25, 0.3) is 11.1 Å². The first-order chi connectivity index (χ1) is 17.0. The van der Waals surface area contributed by atoms with Crippen LogP contribution >= 0.6 is 0 Å². The average molecular weight is 480 g/mol. The third-order valence-corrected chi connectivity index (χ3v) is 5.96. The van der Waals surface area contributed by atoms with E-state index in [4.69, 9.17) is 14.7 Å². The Kier molecular flexibility index (Phi) is 9.21. The summed E-state index contributed by atoms with van der Waals surface area (Å²) < 4.78 is 10.4. The number of aliphatic carboxylic acids is 1. The van der Waals surface area contributed by atoms with Gasteiger partial charge in [-0.05, 0) is 35.1 Å². The molecule has 3 rings (SSSR count). The highest BCUT2D eigenvalue weighted by Crippen LogP contribution is 2.44. The van der Waals surface area contributed by atoms with Crippen LogP contribution in [0.1, 0.15) is 42.7 Å². The second-order valence-electron chi connectivity index (χ2n) is 8.25. The van der Waals surface area contributed by atoms with Crippen molar-refractivity contribution in [1.29, 1.82) is 5.26 Å². The maximum Gasteiger partial charge on any atom is 0.407 e. The first-order valence-corrected chi connectivity index (χ1v) is 11.5. The van der Waals surface area contributed by atoms with Gasteiger partial charge in [0.2, 0.25) is 5.91 Å². The number of carboxylic acid groups (broad SMARTS) is 1. The monoisotopic (exact) mass is 479 g/mol. The molecule has 0 radical (unpaired) electrons. The molecule has 0 heterocycles. The molecular formula is C26H29N3O6. The normalized spacial score (nSPS) is 13.6. The van der Waals surface area contributed by atoms with Gasteiger partial charge in [-0.1, -0.05) is 48.5 Å². The van der Waals surface area contributed by atoms with Gasteiger partial charge in [0.15, 0.2) is 0 Å². The van der Waals surface area contributed by atoms with Crippen molar-refractivity contribution in [2.24, 2.45) is 0 Å². The van der Waals surface area contributed by atoms with Gasteiger partial charge >= 0.3 is 12.1 Å². The molecule has 0 spiro atoms. The molecule has 1 aliphatic carbocycles. The lowest BCUT2D eigenvalue weighted by Crippen LogP contribution is -2.52. The molecule has 2 unspecified atom stereocenters. The Balaban J connectivity index is 1.65. The summed E-state index contributed by atoms with van der Waals surface area (Å²) in [6.07, 6.45) is 0.0110. The highest BCUT2D eigenvalue weighted by Gasteiger charge is 2.30. The van der Waals surface area contributed by atoms with Crippen molar-refractivity contribution < 1.29 is 29.0 Å². The minimum absolute atomic E-state index is 0.0768. The van der Waals surface area contributed by atoms with Gasteiger partial charge in [0.1, 0.15) is 18.7 Å². The number of carbonyl (C=O) groups excluding carboxylic acids is 2. The average Bonchev–Trinajstić information content (AvgIpc) is 3.18. The number of benzene rings is 2. The summed E-state index contributed by atoms with van der Waals surface area (Å²) in [4.78, 5) is 36.9. The molecule has 9 nitrogen and oxygen atoms in total. The van der Waals surface area contributed by atoms with E-state index in [9.17, 15) is 19.5 Å². The van der Waals surface area contributed by atoms with Crippen LogP contribution in [0.4, 0.5) is 4.79 Å². The number of ether oxygens (including phenoxy) is 2. The van der Waals surface area contributed by atoms with E-state index in [1.54, 1.807) is 0 Å². The number of nitrogens with one attached hydrogen (secondary N) is 2. The highest BCUT2D eigenvalue weighted by molar-refractivity contribution is 5.89. The second kappa shape index (κ2) is 12.5. The maximum atomic E-state index is 12.8. The third-order valence-electron chi connectivity index (χ3n) is 5.96. The van der Waals surface area contributed by atoms with E-state index in [1.165, 1.54) is 7.11 Å². The summed E-state index contributed by atoms with van der Waals surface area (Å²) >= 11 is 0. The van der Waals surface area contributed by atoms with Crippen molar-refractivity contribution in [2.75, 3.05) is 20.3 Å². The zero-order valence-electron chi connectivity index (χ0n) is 19.5. The number of hydrogen-bond donors (Lipinski definition) is 3. The highest BCUT2D eigenvalue weighted by atomic mass is 16.5. The largest absolute Gasteiger partial charge is 0.480 e. The molecule has 0 bridgehead atoms. The van der Waals surface area contributed by atoms with Gasteiger partial charge in [-0.3, -0.25) is 4.79 Å². The van der Waals surface area contributed by atoms with Gasteiger partial charge in [0.25, 0.3) is 0 Å². The summed E-state index contributed by atoms with van der Waals surface area (Å²) in [6, 6.07) is 15.7. The molecule has 0 saturated carbocycles. The number of hydrogen-bond acceptors (Lipinski definition) is 6. The smallest absolute Gasteiger partial charge is 0.407 e. The number of amides is 2. The van der Waals surface area contributed by atoms with Crippen LogP contribution in [-0.2, 0) is 19.1 Å². The van der Waals surface area contributed by atoms with Crippen molar-refractivity contribution in [3.63, 3.8) is 0 Å². The van der Waals surface area contributed by atoms with Crippen molar-refractivity contribution in [3.8, 4) is 17.2 Å². The van der Waals surface area contributed by atoms with Gasteiger partial charge in [0, 0.05) is 32.5 Å². The van der Waals surface area contributed by atoms with Crippen LogP contribution in [0.5, 0.6) is 0 Å². The summed E-state index contributed by atoms with van der Waals surface area (Å²) in [6.45, 7) is 0.230. The summed E-state index contributed by atoms with van der Waals surface area (Å²) in [5.41, 5.74) is 4.32. The van der Waals surface area contributed by atoms with Gasteiger partial charge in [-0.25, -0.2) is 9.59 Å². The number of carboxylic acids is 1. The van der Waals surface area contributed by atoms with Crippen LogP contribution in [-0.4, -0.2) is 55.5 Å². The molecule has 3 N–H and O–H groups in total. The first kappa shape index (κ1) is 25.7. The lowest BCUT2D eigenvalue weighted by molar-refractivity contribution is -0.142. The number of alkyl carbamates (subject to hydrolysis) is 1. The molecular weight excluding hydrogens is 450 g/mol. The number of carbonyl (C=O) groups is 3. The second-order valence-corrected chi connectivity index (χ2v) is 8.25. The Morgan fingerprint density at radius 1 is 1.00 bits per heavy atom. The third kappa shape index (κ3) is 6.58. The summed E-state index contributed by atoms with van der Waals surface area (Å²) in [5, 5.41) is 23.2. The quantitative estimate of drug-likeness (QED) is 0.398. The molecule has 35 heavy (non-hydrogen) atoms. The van der Waals surface area contributed by atoms with Gasteiger partial charge in [-0.15, -0.1) is 0 Å². The SMILES string of the molecule is COCCC(NC(=O)C(CCCC#N)NC(=O)OCC1c2ccccc2-c2ccccc21)C(=O)O. The molecule has 2 amide bonds. The van der Waals surface area contributed by atoms with E-state index in [1.807, 2.05) is 54.6 Å². The molecule has 2 atom stereocenters. The summed E-state index contributed by atoms with van der Waals surface area (Å²) in [5.74, 6) is -1.99.